The van der Waals surface area contributed by atoms with Crippen molar-refractivity contribution in [1.29, 1.82) is 0 Å². The lowest BCUT2D eigenvalue weighted by atomic mass is 10.0. The third-order valence-corrected chi connectivity index (χ3v) is 2.01. The van der Waals surface area contributed by atoms with Crippen LogP contribution in [-0.4, -0.2) is 22.0 Å². The Labute approximate surface area is 82.8 Å². The smallest absolute Gasteiger partial charge is 0.194 e. The number of nitrogen functional groups attached to an aromatic ring is 1. The van der Waals surface area contributed by atoms with Crippen LogP contribution in [-0.2, 0) is 0 Å². The standard InChI is InChI=1S/C10H14N2O2/c1-3-8(13)9(14)7-4-6(2)5-12-10(7)11/h4-5,8,13H,3H2,1-2H3,(H2,11,12). The number of rotatable bonds is 3. The molecule has 0 aliphatic carbocycles. The molecular formula is C10H14N2O2. The van der Waals surface area contributed by atoms with E-state index >= 15 is 0 Å². The highest BCUT2D eigenvalue weighted by Crippen LogP contribution is 2.13. The summed E-state index contributed by atoms with van der Waals surface area (Å²) >= 11 is 0. The third-order valence-electron chi connectivity index (χ3n) is 2.01. The molecule has 1 unspecified atom stereocenters. The van der Waals surface area contributed by atoms with Gasteiger partial charge in [0.15, 0.2) is 5.78 Å². The van der Waals surface area contributed by atoms with Crippen LogP contribution in [0.25, 0.3) is 0 Å². The van der Waals surface area contributed by atoms with Crippen molar-refractivity contribution in [3.05, 3.63) is 23.4 Å². The lowest BCUT2D eigenvalue weighted by Gasteiger charge is -2.08. The van der Waals surface area contributed by atoms with Gasteiger partial charge in [-0.1, -0.05) is 6.92 Å². The van der Waals surface area contributed by atoms with Crippen LogP contribution >= 0.6 is 0 Å². The maximum Gasteiger partial charge on any atom is 0.194 e. The minimum absolute atomic E-state index is 0.174. The Balaban J connectivity index is 3.06. The Kier molecular flexibility index (Phi) is 3.19. The normalized spacial score (nSPS) is 12.5. The molecule has 1 aromatic heterocycles. The van der Waals surface area contributed by atoms with Crippen LogP contribution in [0.5, 0.6) is 0 Å². The molecule has 0 saturated carbocycles. The van der Waals surface area contributed by atoms with Crippen LogP contribution in [0.3, 0.4) is 0 Å². The number of hydrogen-bond donors (Lipinski definition) is 2. The maximum atomic E-state index is 11.6. The summed E-state index contributed by atoms with van der Waals surface area (Å²) in [4.78, 5) is 15.4. The van der Waals surface area contributed by atoms with Crippen molar-refractivity contribution in [3.8, 4) is 0 Å². The second kappa shape index (κ2) is 4.19. The minimum atomic E-state index is -0.985. The fourth-order valence-corrected chi connectivity index (χ4v) is 1.14. The van der Waals surface area contributed by atoms with Crippen LogP contribution in [0, 0.1) is 6.92 Å². The van der Waals surface area contributed by atoms with E-state index in [0.717, 1.165) is 5.56 Å². The molecule has 14 heavy (non-hydrogen) atoms. The van der Waals surface area contributed by atoms with Gasteiger partial charge >= 0.3 is 0 Å². The van der Waals surface area contributed by atoms with Crippen molar-refractivity contribution >= 4 is 11.6 Å². The first-order chi connectivity index (χ1) is 6.56. The zero-order chi connectivity index (χ0) is 10.7. The van der Waals surface area contributed by atoms with Gasteiger partial charge in [-0.15, -0.1) is 0 Å². The Hall–Kier alpha value is -1.42. The van der Waals surface area contributed by atoms with Gasteiger partial charge in [0, 0.05) is 6.20 Å². The number of nitrogens with zero attached hydrogens (tertiary/aromatic N) is 1. The highest BCUT2D eigenvalue weighted by molar-refractivity contribution is 6.02. The Morgan fingerprint density at radius 3 is 2.93 bits per heavy atom. The number of aliphatic hydroxyl groups is 1. The molecule has 4 heteroatoms. The highest BCUT2D eigenvalue weighted by atomic mass is 16.3. The molecule has 0 amide bonds. The molecular weight excluding hydrogens is 180 g/mol. The number of ketones is 1. The number of Topliss-reactive ketones (excluding diaryl/α,β-unsaturated/α-hetero) is 1. The molecule has 0 radical (unpaired) electrons. The number of aromatic nitrogens is 1. The molecule has 0 saturated heterocycles. The summed E-state index contributed by atoms with van der Waals surface area (Å²) in [6.07, 6.45) is 0.984. The Morgan fingerprint density at radius 1 is 1.71 bits per heavy atom. The van der Waals surface area contributed by atoms with Gasteiger partial charge < -0.3 is 10.8 Å². The summed E-state index contributed by atoms with van der Waals surface area (Å²) in [7, 11) is 0. The number of aryl methyl sites for hydroxylation is 1. The van der Waals surface area contributed by atoms with E-state index in [2.05, 4.69) is 4.98 Å². The predicted octanol–water partition coefficient (Wildman–Crippen LogP) is 0.926. The molecule has 1 aromatic rings. The van der Waals surface area contributed by atoms with Crippen molar-refractivity contribution < 1.29 is 9.90 Å². The quantitative estimate of drug-likeness (QED) is 0.702. The van der Waals surface area contributed by atoms with Crippen molar-refractivity contribution in [3.63, 3.8) is 0 Å². The third kappa shape index (κ3) is 2.09. The molecule has 0 bridgehead atoms. The fourth-order valence-electron chi connectivity index (χ4n) is 1.14. The highest BCUT2D eigenvalue weighted by Gasteiger charge is 2.18. The van der Waals surface area contributed by atoms with Gasteiger partial charge in [0.1, 0.15) is 11.9 Å². The number of anilines is 1. The van der Waals surface area contributed by atoms with Crippen LogP contribution in [0.4, 0.5) is 5.82 Å². The lowest BCUT2D eigenvalue weighted by Crippen LogP contribution is -2.21. The van der Waals surface area contributed by atoms with Gasteiger partial charge in [0.2, 0.25) is 0 Å². The molecule has 0 spiro atoms. The molecule has 0 aliphatic rings. The SMILES string of the molecule is CCC(O)C(=O)c1cc(C)cnc1N. The summed E-state index contributed by atoms with van der Waals surface area (Å²) in [5.41, 5.74) is 6.70. The average molecular weight is 194 g/mol. The van der Waals surface area contributed by atoms with Crippen LogP contribution < -0.4 is 5.73 Å². The average Bonchev–Trinajstić information content (AvgIpc) is 2.19. The van der Waals surface area contributed by atoms with E-state index in [9.17, 15) is 9.90 Å². The topological polar surface area (TPSA) is 76.2 Å². The zero-order valence-electron chi connectivity index (χ0n) is 8.32. The maximum absolute atomic E-state index is 11.6. The van der Waals surface area contributed by atoms with Crippen LogP contribution in [0.1, 0.15) is 29.3 Å². The van der Waals surface area contributed by atoms with E-state index in [-0.39, 0.29) is 11.6 Å². The molecule has 76 valence electrons. The first-order valence-corrected chi connectivity index (χ1v) is 4.50. The van der Waals surface area contributed by atoms with Crippen molar-refractivity contribution in [1.82, 2.24) is 4.98 Å². The van der Waals surface area contributed by atoms with Crippen LogP contribution in [0.15, 0.2) is 12.3 Å². The molecule has 4 nitrogen and oxygen atoms in total. The van der Waals surface area contributed by atoms with Gasteiger partial charge in [-0.05, 0) is 25.0 Å². The molecule has 1 rings (SSSR count). The first kappa shape index (κ1) is 10.7. The molecule has 3 N–H and O–H groups in total. The van der Waals surface area contributed by atoms with Gasteiger partial charge in [-0.2, -0.15) is 0 Å². The molecule has 0 aliphatic heterocycles. The van der Waals surface area contributed by atoms with Gasteiger partial charge in [0.05, 0.1) is 5.56 Å². The fraction of sp³-hybridized carbons (Fsp3) is 0.400. The Bertz CT molecular complexity index is 350. The first-order valence-electron chi connectivity index (χ1n) is 4.50. The second-order valence-corrected chi connectivity index (χ2v) is 3.23. The van der Waals surface area contributed by atoms with Crippen molar-refractivity contribution in [2.45, 2.75) is 26.4 Å². The van der Waals surface area contributed by atoms with Crippen LogP contribution in [0.2, 0.25) is 0 Å². The number of carbonyl (C=O) groups excluding carboxylic acids is 1. The largest absolute Gasteiger partial charge is 0.385 e. The number of carbonyl (C=O) groups is 1. The van der Waals surface area contributed by atoms with Crippen molar-refractivity contribution in [2.75, 3.05) is 5.73 Å². The molecule has 0 aromatic carbocycles. The van der Waals surface area contributed by atoms with E-state index in [1.165, 1.54) is 0 Å². The molecule has 1 heterocycles. The summed E-state index contributed by atoms with van der Waals surface area (Å²) in [6, 6.07) is 1.64. The van der Waals surface area contributed by atoms with E-state index in [1.54, 1.807) is 19.2 Å². The summed E-state index contributed by atoms with van der Waals surface area (Å²) in [5, 5.41) is 9.36. The van der Waals surface area contributed by atoms with E-state index in [4.69, 9.17) is 5.73 Å². The van der Waals surface area contributed by atoms with Gasteiger partial charge in [-0.25, -0.2) is 4.98 Å². The minimum Gasteiger partial charge on any atom is -0.385 e. The number of hydrogen-bond acceptors (Lipinski definition) is 4. The molecule has 1 atom stereocenters. The monoisotopic (exact) mass is 194 g/mol. The second-order valence-electron chi connectivity index (χ2n) is 3.23. The number of nitrogens with two attached hydrogens (primary N) is 1. The van der Waals surface area contributed by atoms with E-state index in [1.807, 2.05) is 6.92 Å². The number of aliphatic hydroxyl groups excluding tert-OH is 1. The number of pyridine rings is 1. The van der Waals surface area contributed by atoms with E-state index in [0.29, 0.717) is 12.0 Å². The predicted molar refractivity (Wildman–Crippen MR) is 54.0 cm³/mol. The Morgan fingerprint density at radius 2 is 2.36 bits per heavy atom. The van der Waals surface area contributed by atoms with Gasteiger partial charge in [-0.3, -0.25) is 4.79 Å². The van der Waals surface area contributed by atoms with E-state index < -0.39 is 6.10 Å². The summed E-state index contributed by atoms with van der Waals surface area (Å²) in [5.74, 6) is -0.186. The zero-order valence-corrected chi connectivity index (χ0v) is 8.32. The van der Waals surface area contributed by atoms with Gasteiger partial charge in [0.25, 0.3) is 0 Å². The summed E-state index contributed by atoms with van der Waals surface area (Å²) < 4.78 is 0. The lowest BCUT2D eigenvalue weighted by molar-refractivity contribution is 0.0741. The van der Waals surface area contributed by atoms with Crippen molar-refractivity contribution in [2.24, 2.45) is 0 Å². The summed E-state index contributed by atoms with van der Waals surface area (Å²) in [6.45, 7) is 3.56. The molecule has 0 fully saturated rings.